The monoisotopic (exact) mass is 518 g/mol. The largest absolute Gasteiger partial charge is 0.454 e. The van der Waals surface area contributed by atoms with Crippen molar-refractivity contribution < 1.29 is 23.3 Å². The Labute approximate surface area is 213 Å². The van der Waals surface area contributed by atoms with Gasteiger partial charge in [-0.1, -0.05) is 84.0 Å². The van der Waals surface area contributed by atoms with E-state index < -0.39 is 6.54 Å². The number of ether oxygens (including phenoxy) is 2. The molecule has 1 unspecified atom stereocenters. The minimum absolute atomic E-state index is 0.0949. The number of unbranched alkanes of at least 4 members (excludes halogenated alkanes) is 12. The molecule has 2 atom stereocenters. The van der Waals surface area contributed by atoms with Gasteiger partial charge in [0.2, 0.25) is 0 Å². The molecule has 7 heteroatoms. The molecule has 0 aromatic heterocycles. The van der Waals surface area contributed by atoms with Crippen molar-refractivity contribution in [3.63, 3.8) is 0 Å². The Balaban J connectivity index is 1.49. The van der Waals surface area contributed by atoms with E-state index in [1.54, 1.807) is 18.5 Å². The molecule has 200 valence electrons. The fourth-order valence-electron chi connectivity index (χ4n) is 4.54. The van der Waals surface area contributed by atoms with E-state index in [1.165, 1.54) is 82.3 Å². The fourth-order valence-corrected chi connectivity index (χ4v) is 9.39. The Bertz CT molecular complexity index is 586. The third kappa shape index (κ3) is 12.3. The quantitative estimate of drug-likeness (QED) is 0.0656. The molecular weight excluding hydrogens is 467 g/mol. The molecule has 1 aliphatic heterocycles. The van der Waals surface area contributed by atoms with Gasteiger partial charge in [-0.2, -0.15) is 0 Å². The maximum absolute atomic E-state index is 12.2. The van der Waals surface area contributed by atoms with Gasteiger partial charge < -0.3 is 18.5 Å². The highest BCUT2D eigenvalue weighted by atomic mass is 32.7. The summed E-state index contributed by atoms with van der Waals surface area (Å²) in [6, 6.07) is 0. The summed E-state index contributed by atoms with van der Waals surface area (Å²) in [6.07, 6.45) is 23.2. The first kappa shape index (κ1) is 30.2. The van der Waals surface area contributed by atoms with Crippen LogP contribution in [0.15, 0.2) is 0 Å². The summed E-state index contributed by atoms with van der Waals surface area (Å²) in [5.74, 6) is 0.219. The SMILES string of the molecule is CCCCCCCCCCCCCCCC(=O)OCSP(OC)(OC[C@@H]1CCCO1)=C1CCC1. The number of carbonyl (C=O) groups excluding carboxylic acids is 1. The Morgan fingerprint density at radius 2 is 1.56 bits per heavy atom. The predicted molar refractivity (Wildman–Crippen MR) is 147 cm³/mol. The van der Waals surface area contributed by atoms with Crippen molar-refractivity contribution in [1.82, 2.24) is 0 Å². The van der Waals surface area contributed by atoms with Crippen LogP contribution in [0.5, 0.6) is 0 Å². The molecule has 0 aromatic carbocycles. The Morgan fingerprint density at radius 3 is 2.06 bits per heavy atom. The third-order valence-corrected chi connectivity index (χ3v) is 12.6. The zero-order valence-corrected chi connectivity index (χ0v) is 23.7. The van der Waals surface area contributed by atoms with E-state index in [0.717, 1.165) is 45.1 Å². The lowest BCUT2D eigenvalue weighted by atomic mass is 10.0. The van der Waals surface area contributed by atoms with E-state index in [9.17, 15) is 4.79 Å². The van der Waals surface area contributed by atoms with Crippen molar-refractivity contribution in [3.8, 4) is 0 Å². The van der Waals surface area contributed by atoms with Gasteiger partial charge in [-0.25, -0.2) is 0 Å². The van der Waals surface area contributed by atoms with E-state index >= 15 is 0 Å². The lowest BCUT2D eigenvalue weighted by Gasteiger charge is -2.32. The van der Waals surface area contributed by atoms with Crippen molar-refractivity contribution in [2.75, 3.05) is 26.3 Å². The van der Waals surface area contributed by atoms with Crippen molar-refractivity contribution in [2.24, 2.45) is 0 Å². The van der Waals surface area contributed by atoms with Gasteiger partial charge in [0, 0.05) is 20.1 Å². The Kier molecular flexibility index (Phi) is 17.0. The van der Waals surface area contributed by atoms with E-state index in [-0.39, 0.29) is 12.1 Å². The molecule has 1 aliphatic carbocycles. The molecule has 0 aromatic rings. The van der Waals surface area contributed by atoms with Gasteiger partial charge in [0.15, 0.2) is 6.54 Å². The van der Waals surface area contributed by atoms with Crippen LogP contribution in [0, 0.1) is 0 Å². The molecule has 1 saturated heterocycles. The van der Waals surface area contributed by atoms with Gasteiger partial charge in [-0.3, -0.25) is 4.79 Å². The average molecular weight is 519 g/mol. The summed E-state index contributed by atoms with van der Waals surface area (Å²) >= 11 is 1.56. The van der Waals surface area contributed by atoms with Gasteiger partial charge >= 0.3 is 5.97 Å². The van der Waals surface area contributed by atoms with Crippen LogP contribution in [0.4, 0.5) is 0 Å². The zero-order chi connectivity index (χ0) is 24.3. The zero-order valence-electron chi connectivity index (χ0n) is 22.0. The van der Waals surface area contributed by atoms with Crippen LogP contribution in [0.1, 0.15) is 129 Å². The topological polar surface area (TPSA) is 54.0 Å². The second-order valence-electron chi connectivity index (χ2n) is 9.79. The normalized spacial score (nSPS) is 19.7. The third-order valence-electron chi connectivity index (χ3n) is 6.94. The summed E-state index contributed by atoms with van der Waals surface area (Å²) in [7, 11) is 1.73. The molecule has 2 fully saturated rings. The molecule has 0 spiro atoms. The van der Waals surface area contributed by atoms with E-state index in [1.807, 2.05) is 0 Å². The number of carbonyl (C=O) groups is 1. The van der Waals surface area contributed by atoms with E-state index in [4.69, 9.17) is 18.5 Å². The van der Waals surface area contributed by atoms with Crippen LogP contribution in [-0.2, 0) is 23.3 Å². The highest BCUT2D eigenvalue weighted by molar-refractivity contribution is 8.58. The van der Waals surface area contributed by atoms with Gasteiger partial charge in [0.1, 0.15) is 5.94 Å². The molecule has 1 heterocycles. The second kappa shape index (κ2) is 19.2. The van der Waals surface area contributed by atoms with Crippen LogP contribution in [0.2, 0.25) is 0 Å². The molecule has 2 aliphatic rings. The summed E-state index contributed by atoms with van der Waals surface area (Å²) in [5, 5.41) is 1.37. The van der Waals surface area contributed by atoms with Crippen LogP contribution in [0.3, 0.4) is 0 Å². The van der Waals surface area contributed by atoms with E-state index in [2.05, 4.69) is 6.92 Å². The molecule has 34 heavy (non-hydrogen) atoms. The first-order valence-corrected chi connectivity index (χ1v) is 17.3. The van der Waals surface area contributed by atoms with Crippen LogP contribution in [0.25, 0.3) is 0 Å². The fraction of sp³-hybridized carbons (Fsp3) is 0.926. The highest BCUT2D eigenvalue weighted by Gasteiger charge is 2.31. The smallest absolute Gasteiger partial charge is 0.306 e. The lowest BCUT2D eigenvalue weighted by molar-refractivity contribution is -0.141. The van der Waals surface area contributed by atoms with Crippen LogP contribution in [-0.4, -0.2) is 43.6 Å². The Hall–Kier alpha value is -0.0000000000000000833. The van der Waals surface area contributed by atoms with Crippen LogP contribution >= 0.6 is 17.9 Å². The first-order chi connectivity index (χ1) is 16.7. The molecule has 0 amide bonds. The standard InChI is InChI=1S/C27H51O5PS/c1-3-4-5-6-7-8-9-10-11-12-13-14-15-21-27(28)31-24-34-33(29-2,26-19-16-20-26)32-23-25-18-17-22-30-25/h25H,3-24H2,1-2H3/t25-,33?/m0/s1. The molecular formula is C27H51O5PS. The van der Waals surface area contributed by atoms with Gasteiger partial charge in [0.05, 0.1) is 12.7 Å². The second-order valence-corrected chi connectivity index (χ2v) is 14.7. The minimum atomic E-state index is -2.17. The number of hydrogen-bond acceptors (Lipinski definition) is 6. The summed E-state index contributed by atoms with van der Waals surface area (Å²) in [6.45, 7) is 1.50. The molecule has 0 bridgehead atoms. The lowest BCUT2D eigenvalue weighted by Crippen LogP contribution is -2.18. The predicted octanol–water partition coefficient (Wildman–Crippen LogP) is 8.66. The van der Waals surface area contributed by atoms with Gasteiger partial charge in [-0.15, -0.1) is 0 Å². The molecule has 0 N–H and O–H groups in total. The number of esters is 1. The highest BCUT2D eigenvalue weighted by Crippen LogP contribution is 2.65. The van der Waals surface area contributed by atoms with Gasteiger partial charge in [-0.05, 0) is 55.2 Å². The molecule has 1 saturated carbocycles. The average Bonchev–Trinajstić information content (AvgIpc) is 3.33. The molecule has 2 rings (SSSR count). The van der Waals surface area contributed by atoms with Crippen LogP contribution < -0.4 is 0 Å². The van der Waals surface area contributed by atoms with Gasteiger partial charge in [0.25, 0.3) is 0 Å². The minimum Gasteiger partial charge on any atom is -0.454 e. The summed E-state index contributed by atoms with van der Waals surface area (Å²) in [4.78, 5) is 12.2. The van der Waals surface area contributed by atoms with Crippen molar-refractivity contribution in [1.29, 1.82) is 0 Å². The summed E-state index contributed by atoms with van der Waals surface area (Å²) < 4.78 is 23.5. The number of hydrogen-bond donors (Lipinski definition) is 0. The Morgan fingerprint density at radius 1 is 0.941 bits per heavy atom. The molecule has 5 nitrogen and oxygen atoms in total. The maximum Gasteiger partial charge on any atom is 0.306 e. The first-order valence-electron chi connectivity index (χ1n) is 14.1. The van der Waals surface area contributed by atoms with Crippen molar-refractivity contribution >= 4 is 29.2 Å². The van der Waals surface area contributed by atoms with Crippen molar-refractivity contribution in [2.45, 2.75) is 135 Å². The van der Waals surface area contributed by atoms with Crippen molar-refractivity contribution in [3.05, 3.63) is 0 Å². The summed E-state index contributed by atoms with van der Waals surface area (Å²) in [5.41, 5.74) is 0. The van der Waals surface area contributed by atoms with E-state index in [0.29, 0.717) is 19.0 Å². The molecule has 0 radical (unpaired) electrons. The maximum atomic E-state index is 12.2. The number of rotatable bonds is 21.